The number of carbonyl (C=O) groups is 1. The van der Waals surface area contributed by atoms with Gasteiger partial charge < -0.3 is 15.8 Å². The zero-order valence-corrected chi connectivity index (χ0v) is 12.6. The van der Waals surface area contributed by atoms with Gasteiger partial charge in [-0.15, -0.1) is 0 Å². The van der Waals surface area contributed by atoms with Crippen LogP contribution in [-0.2, 0) is 9.53 Å². The second-order valence-electron chi connectivity index (χ2n) is 6.41. The van der Waals surface area contributed by atoms with Crippen LogP contribution in [0.25, 0.3) is 0 Å². The summed E-state index contributed by atoms with van der Waals surface area (Å²) in [6.45, 7) is 0.175. The fraction of sp³-hybridized carbons (Fsp3) is 0.938. The maximum absolute atomic E-state index is 12.0. The van der Waals surface area contributed by atoms with Crippen LogP contribution in [0.15, 0.2) is 0 Å². The van der Waals surface area contributed by atoms with E-state index in [1.165, 1.54) is 44.9 Å². The van der Waals surface area contributed by atoms with Gasteiger partial charge in [0.1, 0.15) is 6.61 Å². The molecule has 0 heterocycles. The second kappa shape index (κ2) is 8.63. The molecule has 0 radical (unpaired) electrons. The summed E-state index contributed by atoms with van der Waals surface area (Å²) in [5.74, 6) is 0.0355. The molecule has 0 bridgehead atoms. The Labute approximate surface area is 122 Å². The zero-order valence-electron chi connectivity index (χ0n) is 12.6. The maximum Gasteiger partial charge on any atom is 0.246 e. The molecule has 116 valence electrons. The molecule has 3 N–H and O–H groups in total. The minimum Gasteiger partial charge on any atom is -0.367 e. The van der Waals surface area contributed by atoms with Crippen molar-refractivity contribution in [1.82, 2.24) is 5.32 Å². The van der Waals surface area contributed by atoms with Crippen molar-refractivity contribution in [3.63, 3.8) is 0 Å². The number of ether oxygens (including phenoxy) is 1. The Morgan fingerprint density at radius 2 is 1.55 bits per heavy atom. The summed E-state index contributed by atoms with van der Waals surface area (Å²) >= 11 is 0. The third-order valence-electron chi connectivity index (χ3n) is 4.65. The van der Waals surface area contributed by atoms with Crippen molar-refractivity contribution in [2.24, 2.45) is 5.73 Å². The minimum absolute atomic E-state index is 0.0355. The van der Waals surface area contributed by atoms with E-state index in [2.05, 4.69) is 5.32 Å². The summed E-state index contributed by atoms with van der Waals surface area (Å²) in [5, 5.41) is 3.12. The number of amides is 1. The number of hydrogen-bond donors (Lipinski definition) is 2. The van der Waals surface area contributed by atoms with Crippen LogP contribution >= 0.6 is 0 Å². The van der Waals surface area contributed by atoms with Crippen LogP contribution in [0.2, 0.25) is 0 Å². The van der Waals surface area contributed by atoms with Crippen LogP contribution in [0.1, 0.15) is 70.6 Å². The SMILES string of the molecule is NC1CCCCCC1OCC(=O)NC1CCCCCC1. The second-order valence-corrected chi connectivity index (χ2v) is 6.41. The number of nitrogens with two attached hydrogens (primary N) is 1. The number of hydrogen-bond acceptors (Lipinski definition) is 3. The van der Waals surface area contributed by atoms with Gasteiger partial charge in [0, 0.05) is 12.1 Å². The summed E-state index contributed by atoms with van der Waals surface area (Å²) in [7, 11) is 0. The van der Waals surface area contributed by atoms with Crippen molar-refractivity contribution < 1.29 is 9.53 Å². The van der Waals surface area contributed by atoms with Crippen molar-refractivity contribution in [2.75, 3.05) is 6.61 Å². The molecular weight excluding hydrogens is 252 g/mol. The molecule has 0 saturated heterocycles. The fourth-order valence-corrected chi connectivity index (χ4v) is 3.39. The predicted molar refractivity (Wildman–Crippen MR) is 80.4 cm³/mol. The Morgan fingerprint density at radius 1 is 0.950 bits per heavy atom. The summed E-state index contributed by atoms with van der Waals surface area (Å²) < 4.78 is 5.77. The van der Waals surface area contributed by atoms with Gasteiger partial charge >= 0.3 is 0 Å². The summed E-state index contributed by atoms with van der Waals surface area (Å²) in [5.41, 5.74) is 6.11. The molecule has 20 heavy (non-hydrogen) atoms. The Balaban J connectivity index is 1.68. The fourth-order valence-electron chi connectivity index (χ4n) is 3.39. The zero-order chi connectivity index (χ0) is 14.2. The molecule has 0 aromatic rings. The predicted octanol–water partition coefficient (Wildman–Crippen LogP) is 2.50. The van der Waals surface area contributed by atoms with Crippen LogP contribution in [0.4, 0.5) is 0 Å². The molecular formula is C16H30N2O2. The molecule has 0 aromatic heterocycles. The van der Waals surface area contributed by atoms with E-state index in [9.17, 15) is 4.79 Å². The largest absolute Gasteiger partial charge is 0.367 e. The highest BCUT2D eigenvalue weighted by Gasteiger charge is 2.22. The third kappa shape index (κ3) is 5.41. The van der Waals surface area contributed by atoms with E-state index in [1.54, 1.807) is 0 Å². The lowest BCUT2D eigenvalue weighted by Crippen LogP contribution is -2.41. The van der Waals surface area contributed by atoms with Gasteiger partial charge in [-0.25, -0.2) is 0 Å². The Morgan fingerprint density at radius 3 is 2.30 bits per heavy atom. The minimum atomic E-state index is 0.0355. The molecule has 0 spiro atoms. The van der Waals surface area contributed by atoms with Crippen molar-refractivity contribution >= 4 is 5.91 Å². The molecule has 4 nitrogen and oxygen atoms in total. The van der Waals surface area contributed by atoms with Gasteiger partial charge in [-0.05, 0) is 25.7 Å². The summed E-state index contributed by atoms with van der Waals surface area (Å²) in [6, 6.07) is 0.458. The van der Waals surface area contributed by atoms with Gasteiger partial charge in [0.05, 0.1) is 6.10 Å². The average molecular weight is 282 g/mol. The maximum atomic E-state index is 12.0. The monoisotopic (exact) mass is 282 g/mol. The Kier molecular flexibility index (Phi) is 6.80. The highest BCUT2D eigenvalue weighted by atomic mass is 16.5. The molecule has 2 fully saturated rings. The molecule has 2 saturated carbocycles. The lowest BCUT2D eigenvalue weighted by Gasteiger charge is -2.22. The van der Waals surface area contributed by atoms with Crippen LogP contribution in [0.5, 0.6) is 0 Å². The van der Waals surface area contributed by atoms with Gasteiger partial charge in [-0.3, -0.25) is 4.79 Å². The van der Waals surface area contributed by atoms with E-state index in [-0.39, 0.29) is 24.7 Å². The molecule has 2 unspecified atom stereocenters. The van der Waals surface area contributed by atoms with Crippen molar-refractivity contribution in [2.45, 2.75) is 88.8 Å². The number of carbonyl (C=O) groups excluding carboxylic acids is 1. The molecule has 0 aromatic carbocycles. The quantitative estimate of drug-likeness (QED) is 0.779. The van der Waals surface area contributed by atoms with E-state index in [1.807, 2.05) is 0 Å². The molecule has 4 heteroatoms. The topological polar surface area (TPSA) is 64.3 Å². The van der Waals surface area contributed by atoms with Gasteiger partial charge in [-0.2, -0.15) is 0 Å². The molecule has 2 rings (SSSR count). The van der Waals surface area contributed by atoms with Gasteiger partial charge in [0.25, 0.3) is 0 Å². The molecule has 0 aliphatic heterocycles. The number of rotatable bonds is 4. The molecule has 2 aliphatic carbocycles. The molecule has 2 atom stereocenters. The first-order valence-electron chi connectivity index (χ1n) is 8.42. The standard InChI is InChI=1S/C16H30N2O2/c17-14-10-6-3-7-11-15(14)20-12-16(19)18-13-8-4-1-2-5-9-13/h13-15H,1-12,17H2,(H,18,19). The van der Waals surface area contributed by atoms with Gasteiger partial charge in [-0.1, -0.05) is 44.9 Å². The Bertz CT molecular complexity index is 288. The first-order valence-corrected chi connectivity index (χ1v) is 8.42. The van der Waals surface area contributed by atoms with E-state index in [0.29, 0.717) is 6.04 Å². The highest BCUT2D eigenvalue weighted by molar-refractivity contribution is 5.77. The lowest BCUT2D eigenvalue weighted by molar-refractivity contribution is -0.129. The van der Waals surface area contributed by atoms with E-state index >= 15 is 0 Å². The highest BCUT2D eigenvalue weighted by Crippen LogP contribution is 2.19. The smallest absolute Gasteiger partial charge is 0.246 e. The van der Waals surface area contributed by atoms with Gasteiger partial charge in [0.2, 0.25) is 5.91 Å². The molecule has 1 amide bonds. The number of nitrogens with one attached hydrogen (secondary N) is 1. The first-order chi connectivity index (χ1) is 9.75. The van der Waals surface area contributed by atoms with Crippen LogP contribution in [0, 0.1) is 0 Å². The normalized spacial score (nSPS) is 29.4. The first kappa shape index (κ1) is 15.8. The summed E-state index contributed by atoms with van der Waals surface area (Å²) in [6.07, 6.45) is 13.0. The van der Waals surface area contributed by atoms with Crippen molar-refractivity contribution in [1.29, 1.82) is 0 Å². The van der Waals surface area contributed by atoms with Crippen LogP contribution < -0.4 is 11.1 Å². The third-order valence-corrected chi connectivity index (χ3v) is 4.65. The van der Waals surface area contributed by atoms with E-state index < -0.39 is 0 Å². The van der Waals surface area contributed by atoms with Crippen molar-refractivity contribution in [3.8, 4) is 0 Å². The molecule has 2 aliphatic rings. The van der Waals surface area contributed by atoms with Crippen LogP contribution in [-0.4, -0.2) is 30.7 Å². The van der Waals surface area contributed by atoms with E-state index in [0.717, 1.165) is 25.7 Å². The van der Waals surface area contributed by atoms with Gasteiger partial charge in [0.15, 0.2) is 0 Å². The van der Waals surface area contributed by atoms with Crippen molar-refractivity contribution in [3.05, 3.63) is 0 Å². The average Bonchev–Trinajstić information content (AvgIpc) is 2.80. The Hall–Kier alpha value is -0.610. The van der Waals surface area contributed by atoms with Crippen LogP contribution in [0.3, 0.4) is 0 Å². The summed E-state index contributed by atoms with van der Waals surface area (Å²) in [4.78, 5) is 12.0. The van der Waals surface area contributed by atoms with E-state index in [4.69, 9.17) is 10.5 Å². The lowest BCUT2D eigenvalue weighted by atomic mass is 10.1.